The third kappa shape index (κ3) is 3.58. The van der Waals surface area contributed by atoms with Crippen LogP contribution in [0.15, 0.2) is 18.2 Å². The van der Waals surface area contributed by atoms with E-state index >= 15 is 0 Å². The van der Waals surface area contributed by atoms with Crippen LogP contribution in [0.25, 0.3) is 0 Å². The molecule has 1 unspecified atom stereocenters. The van der Waals surface area contributed by atoms with Gasteiger partial charge in [0.05, 0.1) is 21.1 Å². The monoisotopic (exact) mass is 388 g/mol. The van der Waals surface area contributed by atoms with Crippen LogP contribution in [0.4, 0.5) is 5.69 Å². The number of amides is 1. The number of fused-ring (bicyclic) bond motifs is 1. The average molecular weight is 388 g/mol. The molecule has 0 saturated heterocycles. The maximum absolute atomic E-state index is 12.5. The van der Waals surface area contributed by atoms with E-state index in [-0.39, 0.29) is 41.7 Å². The Morgan fingerprint density at radius 2 is 1.95 bits per heavy atom. The second kappa shape index (κ2) is 6.22. The number of benzene rings is 1. The molecule has 0 fully saturated rings. The highest BCUT2D eigenvalue weighted by Crippen LogP contribution is 2.28. The highest BCUT2D eigenvalue weighted by atomic mass is 127. The van der Waals surface area contributed by atoms with Crippen molar-refractivity contribution < 1.29 is 38.0 Å². The molecule has 5 heteroatoms. The molecule has 1 N–H and O–H groups in total. The number of hydrogen-bond donors (Lipinski definition) is 1. The predicted molar refractivity (Wildman–Crippen MR) is 75.2 cm³/mol. The number of hydrogen-bond acceptors (Lipinski definition) is 2. The van der Waals surface area contributed by atoms with Crippen LogP contribution < -0.4 is 29.3 Å². The van der Waals surface area contributed by atoms with Gasteiger partial charge < -0.3 is 33.8 Å². The molecule has 1 atom stereocenters. The number of halogens is 1. The Morgan fingerprint density at radius 3 is 2.50 bits per heavy atom. The second-order valence-corrected chi connectivity index (χ2v) is 6.09. The third-order valence-electron chi connectivity index (χ3n) is 3.62. The highest BCUT2D eigenvalue weighted by Gasteiger charge is 2.36. The standard InChI is InChI=1S/C15H20N2O2.HI/c1-10(18)16-12-6-7-13-11(9-12)5-8-14(15(13)19)17(2,3)4;/h6-7,9,14H,5,8H2,1-4H3;1H. The Hall–Kier alpha value is -0.950. The van der Waals surface area contributed by atoms with Gasteiger partial charge in [-0.05, 0) is 30.2 Å². The minimum Gasteiger partial charge on any atom is -1.00 e. The van der Waals surface area contributed by atoms with Crippen LogP contribution in [0, 0.1) is 0 Å². The maximum Gasteiger partial charge on any atom is 0.221 e. The quantitative estimate of drug-likeness (QED) is 0.514. The number of anilines is 1. The van der Waals surface area contributed by atoms with E-state index < -0.39 is 0 Å². The van der Waals surface area contributed by atoms with Crippen molar-refractivity contribution in [3.63, 3.8) is 0 Å². The molecule has 20 heavy (non-hydrogen) atoms. The van der Waals surface area contributed by atoms with Gasteiger partial charge in [-0.2, -0.15) is 0 Å². The summed E-state index contributed by atoms with van der Waals surface area (Å²) in [6.07, 6.45) is 1.74. The fourth-order valence-electron chi connectivity index (χ4n) is 2.66. The Bertz CT molecular complexity index is 535. The lowest BCUT2D eigenvalue weighted by molar-refractivity contribution is -0.886. The zero-order valence-electron chi connectivity index (χ0n) is 12.4. The zero-order valence-corrected chi connectivity index (χ0v) is 14.5. The van der Waals surface area contributed by atoms with Gasteiger partial charge in [-0.1, -0.05) is 0 Å². The maximum atomic E-state index is 12.5. The van der Waals surface area contributed by atoms with Crippen molar-refractivity contribution in [1.82, 2.24) is 0 Å². The van der Waals surface area contributed by atoms with E-state index in [1.165, 1.54) is 6.92 Å². The summed E-state index contributed by atoms with van der Waals surface area (Å²) in [5, 5.41) is 2.76. The first kappa shape index (κ1) is 17.1. The molecule has 0 bridgehead atoms. The van der Waals surface area contributed by atoms with Crippen LogP contribution in [-0.4, -0.2) is 43.4 Å². The number of likely N-dealkylation sites (N-methyl/N-ethyl adjacent to an activating group) is 1. The lowest BCUT2D eigenvalue weighted by Gasteiger charge is -2.36. The largest absolute Gasteiger partial charge is 1.00 e. The van der Waals surface area contributed by atoms with Crippen LogP contribution in [-0.2, 0) is 11.2 Å². The van der Waals surface area contributed by atoms with E-state index in [0.717, 1.165) is 29.7 Å². The van der Waals surface area contributed by atoms with Gasteiger partial charge in [0.1, 0.15) is 0 Å². The van der Waals surface area contributed by atoms with Gasteiger partial charge in [0, 0.05) is 24.6 Å². The van der Waals surface area contributed by atoms with E-state index in [1.54, 1.807) is 6.07 Å². The van der Waals surface area contributed by atoms with E-state index in [9.17, 15) is 9.59 Å². The molecule has 0 aromatic heterocycles. The lowest BCUT2D eigenvalue weighted by Crippen LogP contribution is -3.00. The molecule has 1 aromatic carbocycles. The first-order chi connectivity index (χ1) is 8.79. The van der Waals surface area contributed by atoms with E-state index in [0.29, 0.717) is 4.48 Å². The Kier molecular flexibility index (Phi) is 5.32. The van der Waals surface area contributed by atoms with Crippen molar-refractivity contribution in [3.8, 4) is 0 Å². The van der Waals surface area contributed by atoms with Gasteiger partial charge in [-0.15, -0.1) is 0 Å². The number of carbonyl (C=O) groups is 2. The summed E-state index contributed by atoms with van der Waals surface area (Å²) in [7, 11) is 6.16. The van der Waals surface area contributed by atoms with Gasteiger partial charge in [0.25, 0.3) is 0 Å². The van der Waals surface area contributed by atoms with E-state index in [2.05, 4.69) is 26.5 Å². The van der Waals surface area contributed by atoms with Crippen molar-refractivity contribution in [1.29, 1.82) is 0 Å². The molecule has 1 aliphatic rings. The fraction of sp³-hybridized carbons (Fsp3) is 0.467. The van der Waals surface area contributed by atoms with E-state index in [4.69, 9.17) is 0 Å². The first-order valence-electron chi connectivity index (χ1n) is 6.55. The normalized spacial score (nSPS) is 18.0. The Morgan fingerprint density at radius 1 is 1.30 bits per heavy atom. The van der Waals surface area contributed by atoms with Crippen molar-refractivity contribution in [2.75, 3.05) is 26.5 Å². The summed E-state index contributed by atoms with van der Waals surface area (Å²) in [6.45, 7) is 1.48. The second-order valence-electron chi connectivity index (χ2n) is 6.09. The third-order valence-corrected chi connectivity index (χ3v) is 3.62. The molecule has 110 valence electrons. The zero-order chi connectivity index (χ0) is 14.2. The summed E-state index contributed by atoms with van der Waals surface area (Å²) < 4.78 is 0.658. The molecule has 0 aliphatic heterocycles. The van der Waals surface area contributed by atoms with Crippen molar-refractivity contribution in [2.45, 2.75) is 25.8 Å². The predicted octanol–water partition coefficient (Wildman–Crippen LogP) is -1.15. The van der Waals surface area contributed by atoms with Crippen LogP contribution in [0.3, 0.4) is 0 Å². The van der Waals surface area contributed by atoms with Crippen molar-refractivity contribution >= 4 is 17.4 Å². The minimum absolute atomic E-state index is 0. The molecule has 1 aromatic rings. The smallest absolute Gasteiger partial charge is 0.221 e. The molecular formula is C15H21IN2O2. The van der Waals surface area contributed by atoms with Crippen molar-refractivity contribution in [2.24, 2.45) is 0 Å². The summed E-state index contributed by atoms with van der Waals surface area (Å²) in [4.78, 5) is 23.5. The topological polar surface area (TPSA) is 46.2 Å². The number of quaternary nitrogens is 1. The fourth-order valence-corrected chi connectivity index (χ4v) is 2.66. The minimum atomic E-state index is -0.0914. The van der Waals surface area contributed by atoms with E-state index in [1.807, 2.05) is 12.1 Å². The molecular weight excluding hydrogens is 367 g/mol. The number of nitrogens with one attached hydrogen (secondary N) is 1. The highest BCUT2D eigenvalue weighted by molar-refractivity contribution is 6.02. The molecule has 0 spiro atoms. The Balaban J connectivity index is 0.00000200. The summed E-state index contributed by atoms with van der Waals surface area (Å²) in [6, 6.07) is 5.58. The first-order valence-corrected chi connectivity index (χ1v) is 6.55. The van der Waals surface area contributed by atoms with Crippen LogP contribution >= 0.6 is 0 Å². The van der Waals surface area contributed by atoms with Crippen LogP contribution in [0.2, 0.25) is 0 Å². The number of carbonyl (C=O) groups excluding carboxylic acids is 2. The van der Waals surface area contributed by atoms with Crippen LogP contribution in [0.5, 0.6) is 0 Å². The molecule has 1 amide bonds. The lowest BCUT2D eigenvalue weighted by atomic mass is 9.85. The number of aryl methyl sites for hydroxylation is 1. The summed E-state index contributed by atoms with van der Waals surface area (Å²) >= 11 is 0. The van der Waals surface area contributed by atoms with Gasteiger partial charge in [-0.3, -0.25) is 9.59 Å². The summed E-state index contributed by atoms with van der Waals surface area (Å²) in [5.74, 6) is 0.120. The number of rotatable bonds is 2. The number of ketones is 1. The van der Waals surface area contributed by atoms with Gasteiger partial charge in [-0.25, -0.2) is 0 Å². The Labute approximate surface area is 137 Å². The van der Waals surface area contributed by atoms with Gasteiger partial charge >= 0.3 is 0 Å². The van der Waals surface area contributed by atoms with Crippen LogP contribution in [0.1, 0.15) is 29.3 Å². The molecule has 2 rings (SSSR count). The average Bonchev–Trinajstić information content (AvgIpc) is 2.26. The number of nitrogens with zero attached hydrogens (tertiary/aromatic N) is 1. The molecule has 0 radical (unpaired) electrons. The molecule has 1 aliphatic carbocycles. The SMILES string of the molecule is CC(=O)Nc1ccc2c(c1)CCC([N+](C)(C)C)C2=O.[I-]. The van der Waals surface area contributed by atoms with Gasteiger partial charge in [0.15, 0.2) is 6.04 Å². The van der Waals surface area contributed by atoms with Crippen molar-refractivity contribution in [3.05, 3.63) is 29.3 Å². The summed E-state index contributed by atoms with van der Waals surface area (Å²) in [5.41, 5.74) is 2.61. The van der Waals surface area contributed by atoms with Gasteiger partial charge in [0.2, 0.25) is 11.7 Å². The molecule has 0 heterocycles. The number of Topliss-reactive ketones (excluding diaryl/α,β-unsaturated/α-hetero) is 1. The molecule has 4 nitrogen and oxygen atoms in total. The molecule has 0 saturated carbocycles.